The summed E-state index contributed by atoms with van der Waals surface area (Å²) in [6.45, 7) is 5.49. The Morgan fingerprint density at radius 3 is 2.18 bits per heavy atom. The molecule has 0 radical (unpaired) electrons. The Morgan fingerprint density at radius 2 is 1.62 bits per heavy atom. The number of hydrogen-bond acceptors (Lipinski definition) is 5. The molecule has 0 aromatic heterocycles. The zero-order chi connectivity index (χ0) is 28.6. The van der Waals surface area contributed by atoms with Gasteiger partial charge in [-0.2, -0.15) is 0 Å². The predicted octanol–water partition coefficient (Wildman–Crippen LogP) is 4.80. The first-order valence-corrected chi connectivity index (χ1v) is 14.5. The molecule has 0 spiro atoms. The highest BCUT2D eigenvalue weighted by atomic mass is 35.5. The highest BCUT2D eigenvalue weighted by Gasteiger charge is 2.33. The molecule has 208 valence electrons. The van der Waals surface area contributed by atoms with Crippen LogP contribution in [0, 0.1) is 6.92 Å². The largest absolute Gasteiger partial charge is 0.494 e. The molecule has 0 heterocycles. The number of nitrogens with zero attached hydrogens (tertiary/aromatic N) is 2. The van der Waals surface area contributed by atoms with Crippen LogP contribution in [-0.2, 0) is 26.2 Å². The highest BCUT2D eigenvalue weighted by Crippen LogP contribution is 2.27. The van der Waals surface area contributed by atoms with Gasteiger partial charge in [-0.15, -0.1) is 0 Å². The van der Waals surface area contributed by atoms with E-state index in [1.165, 1.54) is 24.1 Å². The van der Waals surface area contributed by atoms with E-state index in [4.69, 9.17) is 16.3 Å². The maximum atomic E-state index is 13.9. The zero-order valence-electron chi connectivity index (χ0n) is 22.6. The third kappa shape index (κ3) is 7.30. The summed E-state index contributed by atoms with van der Waals surface area (Å²) in [5, 5.41) is 3.05. The van der Waals surface area contributed by atoms with E-state index in [2.05, 4.69) is 5.32 Å². The van der Waals surface area contributed by atoms with E-state index in [0.717, 1.165) is 9.87 Å². The summed E-state index contributed by atoms with van der Waals surface area (Å²) >= 11 is 6.38. The topological polar surface area (TPSA) is 96.0 Å². The molecule has 3 aromatic rings. The lowest BCUT2D eigenvalue weighted by atomic mass is 10.1. The van der Waals surface area contributed by atoms with Gasteiger partial charge in [0.2, 0.25) is 11.8 Å². The molecule has 1 atom stereocenters. The van der Waals surface area contributed by atoms with Gasteiger partial charge in [0, 0.05) is 18.6 Å². The van der Waals surface area contributed by atoms with Crippen molar-refractivity contribution >= 4 is 39.1 Å². The first-order valence-electron chi connectivity index (χ1n) is 12.7. The summed E-state index contributed by atoms with van der Waals surface area (Å²) in [5.41, 5.74) is 1.91. The summed E-state index contributed by atoms with van der Waals surface area (Å²) in [4.78, 5) is 28.1. The van der Waals surface area contributed by atoms with Crippen LogP contribution in [0.3, 0.4) is 0 Å². The zero-order valence-corrected chi connectivity index (χ0v) is 24.1. The van der Waals surface area contributed by atoms with Crippen LogP contribution >= 0.6 is 11.6 Å². The second-order valence-electron chi connectivity index (χ2n) is 8.90. The van der Waals surface area contributed by atoms with Crippen molar-refractivity contribution < 1.29 is 22.7 Å². The molecule has 1 N–H and O–H groups in total. The summed E-state index contributed by atoms with van der Waals surface area (Å²) in [7, 11) is -2.66. The molecule has 0 saturated carbocycles. The van der Waals surface area contributed by atoms with Crippen molar-refractivity contribution in [1.29, 1.82) is 0 Å². The van der Waals surface area contributed by atoms with Crippen molar-refractivity contribution in [1.82, 2.24) is 10.2 Å². The van der Waals surface area contributed by atoms with Crippen molar-refractivity contribution in [2.45, 2.75) is 44.7 Å². The van der Waals surface area contributed by atoms with Gasteiger partial charge < -0.3 is 15.0 Å². The predicted molar refractivity (Wildman–Crippen MR) is 153 cm³/mol. The molecule has 3 aromatic carbocycles. The molecule has 39 heavy (non-hydrogen) atoms. The number of ether oxygens (including phenoxy) is 1. The molecule has 0 aliphatic carbocycles. The minimum Gasteiger partial charge on any atom is -0.494 e. The van der Waals surface area contributed by atoms with Crippen LogP contribution in [0.2, 0.25) is 5.02 Å². The van der Waals surface area contributed by atoms with Gasteiger partial charge in [0.25, 0.3) is 10.0 Å². The second kappa shape index (κ2) is 13.5. The van der Waals surface area contributed by atoms with E-state index in [1.54, 1.807) is 67.6 Å². The fourth-order valence-corrected chi connectivity index (χ4v) is 5.75. The van der Waals surface area contributed by atoms with Crippen LogP contribution in [0.1, 0.15) is 31.4 Å². The van der Waals surface area contributed by atoms with Crippen molar-refractivity contribution in [2.24, 2.45) is 0 Å². The van der Waals surface area contributed by atoms with Crippen LogP contribution in [-0.4, -0.2) is 51.4 Å². The maximum absolute atomic E-state index is 13.9. The van der Waals surface area contributed by atoms with Crippen LogP contribution in [0.4, 0.5) is 5.69 Å². The van der Waals surface area contributed by atoms with Crippen molar-refractivity contribution in [3.05, 3.63) is 88.9 Å². The van der Waals surface area contributed by atoms with Crippen molar-refractivity contribution in [3.8, 4) is 5.75 Å². The number of amides is 2. The molecular weight excluding hydrogens is 538 g/mol. The van der Waals surface area contributed by atoms with E-state index < -0.39 is 28.5 Å². The van der Waals surface area contributed by atoms with E-state index >= 15 is 0 Å². The lowest BCUT2D eigenvalue weighted by Crippen LogP contribution is -2.51. The van der Waals surface area contributed by atoms with Gasteiger partial charge in [-0.25, -0.2) is 8.42 Å². The number of sulfonamides is 1. The van der Waals surface area contributed by atoms with Crippen LogP contribution in [0.5, 0.6) is 5.75 Å². The summed E-state index contributed by atoms with van der Waals surface area (Å²) in [6, 6.07) is 19.1. The van der Waals surface area contributed by atoms with Crippen molar-refractivity contribution in [3.63, 3.8) is 0 Å². The fourth-order valence-electron chi connectivity index (χ4n) is 4.14. The molecule has 2 amide bonds. The Bertz CT molecular complexity index is 1380. The second-order valence-corrected chi connectivity index (χ2v) is 11.2. The standard InChI is InChI=1S/C29H34ClN3O5S/c1-5-27(29(35)31-4)32(19-22-9-7-8-10-26(22)30)28(34)20-33(23-13-11-21(3)12-14-23)39(36,37)25-17-15-24(16-18-25)38-6-2/h7-18,27H,5-6,19-20H2,1-4H3,(H,31,35)/t27-/m0/s1. The van der Waals surface area contributed by atoms with E-state index in [-0.39, 0.29) is 17.3 Å². The SMILES string of the molecule is CCOc1ccc(S(=O)(=O)N(CC(=O)N(Cc2ccccc2Cl)[C@@H](CC)C(=O)NC)c2ccc(C)cc2)cc1. The normalized spacial score (nSPS) is 11.9. The maximum Gasteiger partial charge on any atom is 0.264 e. The quantitative estimate of drug-likeness (QED) is 0.337. The summed E-state index contributed by atoms with van der Waals surface area (Å²) in [5.74, 6) is -0.355. The number of benzene rings is 3. The number of anilines is 1. The number of carbonyl (C=O) groups is 2. The Kier molecular flexibility index (Phi) is 10.4. The lowest BCUT2D eigenvalue weighted by Gasteiger charge is -2.33. The molecule has 0 unspecified atom stereocenters. The van der Waals surface area contributed by atoms with Gasteiger partial charge in [-0.3, -0.25) is 13.9 Å². The molecule has 0 bridgehead atoms. The Morgan fingerprint density at radius 1 is 0.974 bits per heavy atom. The number of carbonyl (C=O) groups excluding carboxylic acids is 2. The molecule has 0 fully saturated rings. The molecule has 0 aliphatic rings. The highest BCUT2D eigenvalue weighted by molar-refractivity contribution is 7.92. The molecule has 10 heteroatoms. The number of aryl methyl sites for hydroxylation is 1. The minimum atomic E-state index is -4.16. The Labute approximate surface area is 235 Å². The van der Waals surface area contributed by atoms with E-state index in [9.17, 15) is 18.0 Å². The first-order chi connectivity index (χ1) is 18.6. The van der Waals surface area contributed by atoms with Crippen LogP contribution in [0.15, 0.2) is 77.7 Å². The van der Waals surface area contributed by atoms with Crippen LogP contribution < -0.4 is 14.4 Å². The number of rotatable bonds is 12. The molecule has 3 rings (SSSR count). The number of hydrogen-bond donors (Lipinski definition) is 1. The third-order valence-corrected chi connectivity index (χ3v) is 8.41. The van der Waals surface area contributed by atoms with Gasteiger partial charge >= 0.3 is 0 Å². The van der Waals surface area contributed by atoms with E-state index in [1.807, 2.05) is 13.8 Å². The third-order valence-electron chi connectivity index (χ3n) is 6.25. The van der Waals surface area contributed by atoms with Crippen molar-refractivity contribution in [2.75, 3.05) is 24.5 Å². The van der Waals surface area contributed by atoms with E-state index in [0.29, 0.717) is 35.1 Å². The Balaban J connectivity index is 2.05. The minimum absolute atomic E-state index is 0.00956. The fraction of sp³-hybridized carbons (Fsp3) is 0.310. The Hall–Kier alpha value is -3.56. The summed E-state index contributed by atoms with van der Waals surface area (Å²) < 4.78 is 34.3. The first kappa shape index (κ1) is 30.0. The molecule has 0 saturated heterocycles. The van der Waals surface area contributed by atoms with Crippen LogP contribution in [0.25, 0.3) is 0 Å². The average molecular weight is 572 g/mol. The van der Waals surface area contributed by atoms with Gasteiger partial charge in [-0.05, 0) is 68.3 Å². The lowest BCUT2D eigenvalue weighted by molar-refractivity contribution is -0.140. The smallest absolute Gasteiger partial charge is 0.264 e. The molecular formula is C29H34ClN3O5S. The number of likely N-dealkylation sites (N-methyl/N-ethyl adjacent to an activating group) is 1. The molecule has 8 nitrogen and oxygen atoms in total. The molecule has 0 aliphatic heterocycles. The van der Waals surface area contributed by atoms with Gasteiger partial charge in [0.1, 0.15) is 18.3 Å². The van der Waals surface area contributed by atoms with Gasteiger partial charge in [-0.1, -0.05) is 54.4 Å². The van der Waals surface area contributed by atoms with Gasteiger partial charge in [0.05, 0.1) is 17.2 Å². The number of nitrogens with one attached hydrogen (secondary N) is 1. The number of halogens is 1. The van der Waals surface area contributed by atoms with Gasteiger partial charge in [0.15, 0.2) is 0 Å². The summed E-state index contributed by atoms with van der Waals surface area (Å²) in [6.07, 6.45) is 0.325. The average Bonchev–Trinajstić information content (AvgIpc) is 2.93. The monoisotopic (exact) mass is 571 g/mol.